The quantitative estimate of drug-likeness (QED) is 0.875. The Bertz CT molecular complexity index is 631. The molecule has 0 bridgehead atoms. The van der Waals surface area contributed by atoms with Crippen LogP contribution in [-0.2, 0) is 11.3 Å². The van der Waals surface area contributed by atoms with Gasteiger partial charge in [-0.2, -0.15) is 10.2 Å². The zero-order chi connectivity index (χ0) is 14.5. The molecule has 1 aromatic carbocycles. The van der Waals surface area contributed by atoms with Crippen molar-refractivity contribution in [2.24, 2.45) is 5.10 Å². The first-order valence-electron chi connectivity index (χ1n) is 6.87. The third-order valence-corrected chi connectivity index (χ3v) is 3.24. The van der Waals surface area contributed by atoms with Crippen LogP contribution in [0.5, 0.6) is 0 Å². The molecule has 6 nitrogen and oxygen atoms in total. The lowest BCUT2D eigenvalue weighted by Gasteiger charge is -2.17. The van der Waals surface area contributed by atoms with Crippen molar-refractivity contribution in [3.63, 3.8) is 0 Å². The van der Waals surface area contributed by atoms with Crippen molar-refractivity contribution in [1.29, 1.82) is 0 Å². The number of hydrogen-bond donors (Lipinski definition) is 1. The number of hydrazone groups is 1. The molecule has 0 atom stereocenters. The molecule has 21 heavy (non-hydrogen) atoms. The number of ether oxygens (including phenoxy) is 1. The Hall–Kier alpha value is -2.63. The van der Waals surface area contributed by atoms with E-state index in [9.17, 15) is 0 Å². The molecule has 1 aliphatic rings. The molecule has 0 aliphatic carbocycles. The van der Waals surface area contributed by atoms with Gasteiger partial charge in [-0.15, -0.1) is 0 Å². The Morgan fingerprint density at radius 1 is 1.33 bits per heavy atom. The van der Waals surface area contributed by atoms with Gasteiger partial charge in [-0.1, -0.05) is 18.7 Å². The van der Waals surface area contributed by atoms with Crippen LogP contribution in [-0.4, -0.2) is 27.1 Å². The zero-order valence-electron chi connectivity index (χ0n) is 11.7. The zero-order valence-corrected chi connectivity index (χ0v) is 11.7. The monoisotopic (exact) mass is 283 g/mol. The number of aromatic nitrogens is 3. The van der Waals surface area contributed by atoms with Gasteiger partial charge in [-0.05, 0) is 30.5 Å². The highest BCUT2D eigenvalue weighted by molar-refractivity contribution is 5.98. The van der Waals surface area contributed by atoms with E-state index < -0.39 is 0 Å². The molecule has 108 valence electrons. The minimum absolute atomic E-state index is 0.663. The fourth-order valence-corrected chi connectivity index (χ4v) is 2.09. The third kappa shape index (κ3) is 3.47. The normalized spacial score (nSPS) is 16.8. The molecular formula is C15H17N5O. The van der Waals surface area contributed by atoms with E-state index in [0.717, 1.165) is 36.4 Å². The van der Waals surface area contributed by atoms with Crippen LogP contribution in [0.1, 0.15) is 18.4 Å². The summed E-state index contributed by atoms with van der Waals surface area (Å²) in [7, 11) is 0. The summed E-state index contributed by atoms with van der Waals surface area (Å²) in [6.45, 7) is 5.29. The molecule has 0 spiro atoms. The Labute approximate surface area is 123 Å². The van der Waals surface area contributed by atoms with Crippen LogP contribution in [0.4, 0.5) is 5.69 Å². The third-order valence-electron chi connectivity index (χ3n) is 3.24. The maximum atomic E-state index is 5.38. The molecule has 1 N–H and O–H groups in total. The minimum atomic E-state index is 0.663. The van der Waals surface area contributed by atoms with E-state index in [1.165, 1.54) is 6.33 Å². The number of anilines is 1. The second-order valence-corrected chi connectivity index (χ2v) is 4.84. The van der Waals surface area contributed by atoms with Gasteiger partial charge >= 0.3 is 0 Å². The lowest BCUT2D eigenvalue weighted by atomic mass is 10.1. The van der Waals surface area contributed by atoms with Gasteiger partial charge < -0.3 is 4.74 Å². The van der Waals surface area contributed by atoms with Crippen molar-refractivity contribution in [3.8, 4) is 0 Å². The molecule has 1 fully saturated rings. The lowest BCUT2D eigenvalue weighted by Crippen LogP contribution is -2.15. The molecule has 3 rings (SSSR count). The summed E-state index contributed by atoms with van der Waals surface area (Å²) >= 11 is 0. The predicted molar refractivity (Wildman–Crippen MR) is 80.9 cm³/mol. The van der Waals surface area contributed by atoms with Crippen LogP contribution < -0.4 is 5.43 Å². The summed E-state index contributed by atoms with van der Waals surface area (Å²) in [5, 5.41) is 8.44. The smallest absolute Gasteiger partial charge is 0.137 e. The summed E-state index contributed by atoms with van der Waals surface area (Å²) in [4.78, 5) is 3.93. The van der Waals surface area contributed by atoms with Crippen LogP contribution in [0.3, 0.4) is 0 Å². The van der Waals surface area contributed by atoms with E-state index in [1.54, 1.807) is 11.0 Å². The van der Waals surface area contributed by atoms with Gasteiger partial charge in [0.25, 0.3) is 0 Å². The van der Waals surface area contributed by atoms with Crippen LogP contribution in [0.25, 0.3) is 0 Å². The Balaban J connectivity index is 1.61. The molecule has 0 unspecified atom stereocenters. The van der Waals surface area contributed by atoms with Gasteiger partial charge in [0.15, 0.2) is 0 Å². The van der Waals surface area contributed by atoms with Gasteiger partial charge in [-0.3, -0.25) is 5.43 Å². The number of rotatable bonds is 4. The first-order chi connectivity index (χ1) is 10.3. The van der Waals surface area contributed by atoms with Crippen molar-refractivity contribution in [3.05, 3.63) is 54.8 Å². The first kappa shape index (κ1) is 13.4. The average Bonchev–Trinajstić information content (AvgIpc) is 3.01. The molecule has 1 aromatic heterocycles. The van der Waals surface area contributed by atoms with Gasteiger partial charge in [0.1, 0.15) is 24.1 Å². The van der Waals surface area contributed by atoms with E-state index in [2.05, 4.69) is 27.2 Å². The van der Waals surface area contributed by atoms with Crippen LogP contribution >= 0.6 is 0 Å². The highest BCUT2D eigenvalue weighted by Crippen LogP contribution is 2.14. The number of nitrogens with zero attached hydrogens (tertiary/aromatic N) is 4. The maximum Gasteiger partial charge on any atom is 0.137 e. The van der Waals surface area contributed by atoms with E-state index in [0.29, 0.717) is 12.3 Å². The van der Waals surface area contributed by atoms with Gasteiger partial charge in [-0.25, -0.2) is 9.67 Å². The number of benzene rings is 1. The van der Waals surface area contributed by atoms with Crippen LogP contribution in [0, 0.1) is 0 Å². The van der Waals surface area contributed by atoms with Crippen molar-refractivity contribution in [2.75, 3.05) is 12.0 Å². The predicted octanol–water partition coefficient (Wildman–Crippen LogP) is 2.42. The van der Waals surface area contributed by atoms with E-state index in [1.807, 2.05) is 24.3 Å². The highest BCUT2D eigenvalue weighted by Gasteiger charge is 2.12. The molecule has 1 saturated heterocycles. The fraction of sp³-hybridized carbons (Fsp3) is 0.267. The fourth-order valence-electron chi connectivity index (χ4n) is 2.09. The van der Waals surface area contributed by atoms with E-state index in [4.69, 9.17) is 4.74 Å². The molecule has 2 aromatic rings. The van der Waals surface area contributed by atoms with E-state index in [-0.39, 0.29) is 0 Å². The number of allylic oxidation sites excluding steroid dienone is 1. The Morgan fingerprint density at radius 3 is 2.90 bits per heavy atom. The summed E-state index contributed by atoms with van der Waals surface area (Å²) in [6.07, 6.45) is 5.12. The Kier molecular flexibility index (Phi) is 3.95. The second-order valence-electron chi connectivity index (χ2n) is 4.84. The second kappa shape index (κ2) is 6.21. The van der Waals surface area contributed by atoms with Crippen LogP contribution in [0.2, 0.25) is 0 Å². The summed E-state index contributed by atoms with van der Waals surface area (Å²) < 4.78 is 7.16. The summed E-state index contributed by atoms with van der Waals surface area (Å²) in [6, 6.07) is 8.05. The van der Waals surface area contributed by atoms with Gasteiger partial charge in [0, 0.05) is 0 Å². The summed E-state index contributed by atoms with van der Waals surface area (Å²) in [5.41, 5.74) is 6.02. The van der Waals surface area contributed by atoms with Crippen molar-refractivity contribution in [2.45, 2.75) is 19.4 Å². The standard InChI is InChI=1S/C15H17N5O/c1-12-15(3-2-8-21-12)19-18-14-6-4-13(5-7-14)9-20-11-16-10-17-20/h4-7,10-11,18H,1-3,8-9H2/b19-15-. The molecule has 1 aliphatic heterocycles. The summed E-state index contributed by atoms with van der Waals surface area (Å²) in [5.74, 6) is 0.663. The topological polar surface area (TPSA) is 64.3 Å². The molecule has 0 saturated carbocycles. The molecule has 2 heterocycles. The SMILES string of the molecule is C=C1OCCC/C1=N/Nc1ccc(Cn2cncn2)cc1. The van der Waals surface area contributed by atoms with Crippen molar-refractivity contribution >= 4 is 11.4 Å². The minimum Gasteiger partial charge on any atom is -0.492 e. The first-order valence-corrected chi connectivity index (χ1v) is 6.87. The van der Waals surface area contributed by atoms with E-state index >= 15 is 0 Å². The van der Waals surface area contributed by atoms with Crippen molar-refractivity contribution < 1.29 is 4.74 Å². The number of hydrogen-bond acceptors (Lipinski definition) is 5. The lowest BCUT2D eigenvalue weighted by molar-refractivity contribution is 0.215. The molecule has 0 radical (unpaired) electrons. The molecule has 0 amide bonds. The number of nitrogens with one attached hydrogen (secondary N) is 1. The maximum absolute atomic E-state index is 5.38. The van der Waals surface area contributed by atoms with Crippen molar-refractivity contribution in [1.82, 2.24) is 14.8 Å². The van der Waals surface area contributed by atoms with Crippen LogP contribution in [0.15, 0.2) is 54.4 Å². The largest absolute Gasteiger partial charge is 0.492 e. The average molecular weight is 283 g/mol. The Morgan fingerprint density at radius 2 is 2.19 bits per heavy atom. The van der Waals surface area contributed by atoms with Gasteiger partial charge in [0.2, 0.25) is 0 Å². The molecular weight excluding hydrogens is 266 g/mol. The van der Waals surface area contributed by atoms with Gasteiger partial charge in [0.05, 0.1) is 18.8 Å². The highest BCUT2D eigenvalue weighted by atomic mass is 16.5. The molecule has 6 heteroatoms.